The lowest BCUT2D eigenvalue weighted by Crippen LogP contribution is -2.48. The molecule has 1 aliphatic rings. The summed E-state index contributed by atoms with van der Waals surface area (Å²) in [5, 5.41) is 15.6. The summed E-state index contributed by atoms with van der Waals surface area (Å²) in [6.45, 7) is 6.14. The molecule has 0 spiro atoms. The molecule has 3 rings (SSSR count). The van der Waals surface area contributed by atoms with Crippen molar-refractivity contribution in [1.29, 1.82) is 0 Å². The van der Waals surface area contributed by atoms with E-state index in [0.717, 1.165) is 44.3 Å². The average molecular weight is 413 g/mol. The van der Waals surface area contributed by atoms with Crippen molar-refractivity contribution < 1.29 is 9.59 Å². The monoisotopic (exact) mass is 412 g/mol. The van der Waals surface area contributed by atoms with Gasteiger partial charge < -0.3 is 10.2 Å². The minimum atomic E-state index is 0.0446. The maximum atomic E-state index is 12.5. The standard InChI is InChI=1S/C22H32N6O2/c1-3-17(4-2)22(30)27-15-12-19(13-16-27)23-20(29)11-8-14-28-25-21(24-26-28)18-9-6-5-7-10-18/h5-7,9-10,17,19H,3-4,8,11-16H2,1-2H3,(H,23,29). The summed E-state index contributed by atoms with van der Waals surface area (Å²) < 4.78 is 0. The van der Waals surface area contributed by atoms with Gasteiger partial charge >= 0.3 is 0 Å². The van der Waals surface area contributed by atoms with Gasteiger partial charge in [-0.3, -0.25) is 9.59 Å². The highest BCUT2D eigenvalue weighted by molar-refractivity contribution is 5.79. The number of amides is 2. The molecule has 1 saturated heterocycles. The van der Waals surface area contributed by atoms with E-state index in [-0.39, 0.29) is 23.8 Å². The highest BCUT2D eigenvalue weighted by Gasteiger charge is 2.27. The number of tetrazole rings is 1. The summed E-state index contributed by atoms with van der Waals surface area (Å²) in [5.74, 6) is 1.03. The van der Waals surface area contributed by atoms with Crippen molar-refractivity contribution in [3.8, 4) is 11.4 Å². The number of carbonyl (C=O) groups excluding carboxylic acids is 2. The van der Waals surface area contributed by atoms with E-state index in [4.69, 9.17) is 0 Å². The SMILES string of the molecule is CCC(CC)C(=O)N1CCC(NC(=O)CCCn2nnc(-c3ccccc3)n2)CC1. The van der Waals surface area contributed by atoms with Crippen molar-refractivity contribution in [2.24, 2.45) is 5.92 Å². The van der Waals surface area contributed by atoms with E-state index < -0.39 is 0 Å². The molecule has 0 saturated carbocycles. The van der Waals surface area contributed by atoms with Crippen molar-refractivity contribution in [2.75, 3.05) is 13.1 Å². The summed E-state index contributed by atoms with van der Waals surface area (Å²) in [5.41, 5.74) is 0.926. The number of aryl methyl sites for hydroxylation is 1. The highest BCUT2D eigenvalue weighted by atomic mass is 16.2. The molecule has 8 heteroatoms. The molecule has 1 fully saturated rings. The zero-order valence-corrected chi connectivity index (χ0v) is 18.0. The predicted octanol–water partition coefficient (Wildman–Crippen LogP) is 2.66. The molecule has 1 aromatic carbocycles. The molecule has 2 heterocycles. The number of hydrogen-bond donors (Lipinski definition) is 1. The number of rotatable bonds is 9. The number of aromatic nitrogens is 4. The Balaban J connectivity index is 1.36. The molecule has 1 aromatic heterocycles. The van der Waals surface area contributed by atoms with Crippen LogP contribution in [-0.4, -0.2) is 56.1 Å². The molecule has 0 radical (unpaired) electrons. The van der Waals surface area contributed by atoms with Crippen LogP contribution in [0.3, 0.4) is 0 Å². The van der Waals surface area contributed by atoms with E-state index in [9.17, 15) is 9.59 Å². The van der Waals surface area contributed by atoms with Gasteiger partial charge in [-0.1, -0.05) is 44.2 Å². The number of piperidine rings is 1. The number of nitrogens with zero attached hydrogens (tertiary/aromatic N) is 5. The Labute approximate surface area is 178 Å². The molecule has 2 amide bonds. The Hall–Kier alpha value is -2.77. The van der Waals surface area contributed by atoms with Gasteiger partial charge in [0.05, 0.1) is 6.54 Å². The molecule has 162 valence electrons. The van der Waals surface area contributed by atoms with Crippen LogP contribution in [0.15, 0.2) is 30.3 Å². The zero-order chi connectivity index (χ0) is 21.3. The first-order chi connectivity index (χ1) is 14.6. The first kappa shape index (κ1) is 21.9. The Bertz CT molecular complexity index is 810. The molecule has 30 heavy (non-hydrogen) atoms. The van der Waals surface area contributed by atoms with Gasteiger partial charge in [0.1, 0.15) is 0 Å². The smallest absolute Gasteiger partial charge is 0.225 e. The lowest BCUT2D eigenvalue weighted by atomic mass is 9.98. The second-order valence-corrected chi connectivity index (χ2v) is 7.86. The van der Waals surface area contributed by atoms with Crippen LogP contribution in [0.5, 0.6) is 0 Å². The largest absolute Gasteiger partial charge is 0.353 e. The number of likely N-dealkylation sites (tertiary alicyclic amines) is 1. The van der Waals surface area contributed by atoms with Crippen LogP contribution in [-0.2, 0) is 16.1 Å². The van der Waals surface area contributed by atoms with Crippen molar-refractivity contribution >= 4 is 11.8 Å². The van der Waals surface area contributed by atoms with Crippen LogP contribution in [0, 0.1) is 5.92 Å². The fourth-order valence-corrected chi connectivity index (χ4v) is 3.86. The van der Waals surface area contributed by atoms with Gasteiger partial charge in [-0.15, -0.1) is 10.2 Å². The Morgan fingerprint density at radius 3 is 2.50 bits per heavy atom. The third-order valence-corrected chi connectivity index (χ3v) is 5.75. The molecule has 0 bridgehead atoms. The van der Waals surface area contributed by atoms with Gasteiger partial charge in [0, 0.05) is 37.0 Å². The van der Waals surface area contributed by atoms with Crippen LogP contribution < -0.4 is 5.32 Å². The zero-order valence-electron chi connectivity index (χ0n) is 18.0. The van der Waals surface area contributed by atoms with Crippen molar-refractivity contribution in [2.45, 2.75) is 65.0 Å². The van der Waals surface area contributed by atoms with Crippen LogP contribution in [0.25, 0.3) is 11.4 Å². The molecule has 1 aliphatic heterocycles. The second-order valence-electron chi connectivity index (χ2n) is 7.86. The summed E-state index contributed by atoms with van der Waals surface area (Å²) in [7, 11) is 0. The van der Waals surface area contributed by atoms with Gasteiger partial charge in [0.15, 0.2) is 0 Å². The third kappa shape index (κ3) is 5.87. The molecular weight excluding hydrogens is 380 g/mol. The number of carbonyl (C=O) groups is 2. The van der Waals surface area contributed by atoms with E-state index >= 15 is 0 Å². The molecule has 1 N–H and O–H groups in total. The van der Waals surface area contributed by atoms with Crippen molar-refractivity contribution in [3.05, 3.63) is 30.3 Å². The normalized spacial score (nSPS) is 14.8. The van der Waals surface area contributed by atoms with Gasteiger partial charge in [-0.05, 0) is 37.3 Å². The van der Waals surface area contributed by atoms with E-state index in [2.05, 4.69) is 34.6 Å². The number of nitrogens with one attached hydrogen (secondary N) is 1. The molecular formula is C22H32N6O2. The van der Waals surface area contributed by atoms with Gasteiger partial charge in [0.25, 0.3) is 0 Å². The Morgan fingerprint density at radius 2 is 1.83 bits per heavy atom. The second kappa shape index (κ2) is 10.8. The van der Waals surface area contributed by atoms with Crippen molar-refractivity contribution in [3.63, 3.8) is 0 Å². The maximum Gasteiger partial charge on any atom is 0.225 e. The van der Waals surface area contributed by atoms with Crippen molar-refractivity contribution in [1.82, 2.24) is 30.4 Å². The maximum absolute atomic E-state index is 12.5. The fraction of sp³-hybridized carbons (Fsp3) is 0.591. The van der Waals surface area contributed by atoms with E-state index in [1.54, 1.807) is 0 Å². The number of hydrogen-bond acceptors (Lipinski definition) is 5. The first-order valence-electron chi connectivity index (χ1n) is 11.0. The lowest BCUT2D eigenvalue weighted by Gasteiger charge is -2.34. The molecule has 0 aliphatic carbocycles. The Morgan fingerprint density at radius 1 is 1.13 bits per heavy atom. The summed E-state index contributed by atoms with van der Waals surface area (Å²) >= 11 is 0. The van der Waals surface area contributed by atoms with Crippen LogP contribution in [0.2, 0.25) is 0 Å². The highest BCUT2D eigenvalue weighted by Crippen LogP contribution is 2.17. The molecule has 0 unspecified atom stereocenters. The summed E-state index contributed by atoms with van der Waals surface area (Å²) in [4.78, 5) is 28.3. The Kier molecular flexibility index (Phi) is 7.93. The average Bonchev–Trinajstić information content (AvgIpc) is 3.24. The van der Waals surface area contributed by atoms with E-state index in [1.807, 2.05) is 35.2 Å². The molecule has 2 aromatic rings. The minimum absolute atomic E-state index is 0.0446. The molecule has 0 atom stereocenters. The van der Waals surface area contributed by atoms with Crippen LogP contribution in [0.4, 0.5) is 0 Å². The molecule has 8 nitrogen and oxygen atoms in total. The third-order valence-electron chi connectivity index (χ3n) is 5.75. The van der Waals surface area contributed by atoms with Gasteiger partial charge in [0.2, 0.25) is 17.6 Å². The van der Waals surface area contributed by atoms with Gasteiger partial charge in [-0.25, -0.2) is 0 Å². The van der Waals surface area contributed by atoms with Crippen LogP contribution >= 0.6 is 0 Å². The summed E-state index contributed by atoms with van der Waals surface area (Å²) in [6.07, 6.45) is 4.50. The number of benzene rings is 1. The first-order valence-corrected chi connectivity index (χ1v) is 11.0. The predicted molar refractivity (Wildman–Crippen MR) is 114 cm³/mol. The minimum Gasteiger partial charge on any atom is -0.353 e. The topological polar surface area (TPSA) is 93.0 Å². The summed E-state index contributed by atoms with van der Waals surface area (Å²) in [6, 6.07) is 9.86. The van der Waals surface area contributed by atoms with E-state index in [1.165, 1.54) is 4.80 Å². The lowest BCUT2D eigenvalue weighted by molar-refractivity contribution is -0.137. The van der Waals surface area contributed by atoms with Crippen LogP contribution in [0.1, 0.15) is 52.4 Å². The quantitative estimate of drug-likeness (QED) is 0.683. The van der Waals surface area contributed by atoms with Gasteiger partial charge in [-0.2, -0.15) is 4.80 Å². The fourth-order valence-electron chi connectivity index (χ4n) is 3.86. The van der Waals surface area contributed by atoms with E-state index in [0.29, 0.717) is 25.2 Å².